The van der Waals surface area contributed by atoms with Crippen molar-refractivity contribution in [1.82, 2.24) is 0 Å². The van der Waals surface area contributed by atoms with Crippen LogP contribution in [0.5, 0.6) is 17.2 Å². The largest absolute Gasteiger partial charge is 0.488 e. The van der Waals surface area contributed by atoms with E-state index in [-0.39, 0.29) is 6.79 Å². The van der Waals surface area contributed by atoms with Crippen LogP contribution in [0.2, 0.25) is 0 Å². The minimum Gasteiger partial charge on any atom is -0.488 e. The van der Waals surface area contributed by atoms with E-state index in [2.05, 4.69) is 6.58 Å². The highest BCUT2D eigenvalue weighted by Gasteiger charge is 2.17. The summed E-state index contributed by atoms with van der Waals surface area (Å²) >= 11 is 0. The van der Waals surface area contributed by atoms with E-state index in [9.17, 15) is 4.79 Å². The first-order valence-electron chi connectivity index (χ1n) is 4.86. The van der Waals surface area contributed by atoms with Crippen molar-refractivity contribution >= 4 is 6.29 Å². The molecule has 2 rings (SSSR count). The molecule has 0 fully saturated rings. The molecule has 1 heterocycles. The minimum absolute atomic E-state index is 0.178. The molecule has 0 unspecified atom stereocenters. The van der Waals surface area contributed by atoms with Gasteiger partial charge in [0.1, 0.15) is 12.4 Å². The Balaban J connectivity index is 2.28. The quantitative estimate of drug-likeness (QED) is 0.576. The zero-order chi connectivity index (χ0) is 11.5. The summed E-state index contributed by atoms with van der Waals surface area (Å²) in [7, 11) is 0. The summed E-state index contributed by atoms with van der Waals surface area (Å²) in [5, 5.41) is 0. The van der Waals surface area contributed by atoms with E-state index in [0.29, 0.717) is 29.4 Å². The summed E-state index contributed by atoms with van der Waals surface area (Å²) in [5.41, 5.74) is 1.33. The molecule has 0 atom stereocenters. The number of ether oxygens (including phenoxy) is 3. The lowest BCUT2D eigenvalue weighted by Crippen LogP contribution is -2.00. The van der Waals surface area contributed by atoms with Crippen molar-refractivity contribution in [1.29, 1.82) is 0 Å². The van der Waals surface area contributed by atoms with Crippen LogP contribution in [0.25, 0.3) is 0 Å². The Morgan fingerprint density at radius 3 is 2.81 bits per heavy atom. The van der Waals surface area contributed by atoms with Crippen LogP contribution in [0.4, 0.5) is 0 Å². The van der Waals surface area contributed by atoms with Gasteiger partial charge in [0.05, 0.1) is 5.56 Å². The van der Waals surface area contributed by atoms with Gasteiger partial charge in [0.25, 0.3) is 0 Å². The second kappa shape index (κ2) is 4.26. The third kappa shape index (κ3) is 2.00. The predicted octanol–water partition coefficient (Wildman–Crippen LogP) is 2.18. The Labute approximate surface area is 93.4 Å². The molecule has 1 aromatic rings. The molecule has 84 valence electrons. The molecule has 1 aliphatic rings. The SMILES string of the molecule is C=C(C)COc1cc2c(cc1C=O)OCO2. The van der Waals surface area contributed by atoms with Crippen LogP contribution in [0.1, 0.15) is 17.3 Å². The van der Waals surface area contributed by atoms with Crippen LogP contribution in [0.3, 0.4) is 0 Å². The van der Waals surface area contributed by atoms with Crippen LogP contribution in [0.15, 0.2) is 24.3 Å². The fourth-order valence-corrected chi connectivity index (χ4v) is 1.36. The van der Waals surface area contributed by atoms with Crippen LogP contribution in [-0.2, 0) is 0 Å². The Morgan fingerprint density at radius 1 is 1.50 bits per heavy atom. The predicted molar refractivity (Wildman–Crippen MR) is 58.3 cm³/mol. The maximum absolute atomic E-state index is 10.9. The Hall–Kier alpha value is -1.97. The molecule has 0 bridgehead atoms. The first-order valence-corrected chi connectivity index (χ1v) is 4.86. The molecule has 0 aromatic heterocycles. The zero-order valence-electron chi connectivity index (χ0n) is 8.99. The summed E-state index contributed by atoms with van der Waals surface area (Å²) in [5.74, 6) is 1.66. The van der Waals surface area contributed by atoms with Gasteiger partial charge in [0, 0.05) is 6.07 Å². The van der Waals surface area contributed by atoms with Crippen LogP contribution in [-0.4, -0.2) is 19.7 Å². The van der Waals surface area contributed by atoms with Gasteiger partial charge in [0.2, 0.25) is 6.79 Å². The topological polar surface area (TPSA) is 44.8 Å². The second-order valence-electron chi connectivity index (χ2n) is 3.61. The molecule has 0 saturated heterocycles. The number of rotatable bonds is 4. The summed E-state index contributed by atoms with van der Waals surface area (Å²) < 4.78 is 15.8. The maximum Gasteiger partial charge on any atom is 0.231 e. The van der Waals surface area contributed by atoms with E-state index >= 15 is 0 Å². The molecule has 16 heavy (non-hydrogen) atoms. The number of fused-ring (bicyclic) bond motifs is 1. The molecule has 0 amide bonds. The first-order chi connectivity index (χ1) is 7.70. The molecule has 0 spiro atoms. The smallest absolute Gasteiger partial charge is 0.231 e. The van der Waals surface area contributed by atoms with Crippen molar-refractivity contribution < 1.29 is 19.0 Å². The number of carbonyl (C=O) groups excluding carboxylic acids is 1. The molecule has 0 radical (unpaired) electrons. The summed E-state index contributed by atoms with van der Waals surface area (Å²) in [4.78, 5) is 10.9. The van der Waals surface area contributed by atoms with Crippen molar-refractivity contribution in [3.05, 3.63) is 29.8 Å². The van der Waals surface area contributed by atoms with Crippen molar-refractivity contribution in [3.8, 4) is 17.2 Å². The number of hydrogen-bond acceptors (Lipinski definition) is 4. The number of hydrogen-bond donors (Lipinski definition) is 0. The molecule has 0 N–H and O–H groups in total. The van der Waals surface area contributed by atoms with E-state index in [1.807, 2.05) is 6.92 Å². The number of carbonyl (C=O) groups is 1. The fourth-order valence-electron chi connectivity index (χ4n) is 1.36. The van der Waals surface area contributed by atoms with Gasteiger partial charge in [-0.3, -0.25) is 4.79 Å². The number of benzene rings is 1. The summed E-state index contributed by atoms with van der Waals surface area (Å²) in [6.45, 7) is 6.14. The Morgan fingerprint density at radius 2 is 2.19 bits per heavy atom. The van der Waals surface area contributed by atoms with E-state index in [4.69, 9.17) is 14.2 Å². The maximum atomic E-state index is 10.9. The molecule has 4 nitrogen and oxygen atoms in total. The molecular weight excluding hydrogens is 208 g/mol. The fraction of sp³-hybridized carbons (Fsp3) is 0.250. The van der Waals surface area contributed by atoms with Gasteiger partial charge in [-0.05, 0) is 18.6 Å². The second-order valence-corrected chi connectivity index (χ2v) is 3.61. The summed E-state index contributed by atoms with van der Waals surface area (Å²) in [6, 6.07) is 3.28. The van der Waals surface area contributed by atoms with Crippen molar-refractivity contribution in [2.45, 2.75) is 6.92 Å². The Kier molecular flexibility index (Phi) is 2.81. The summed E-state index contributed by atoms with van der Waals surface area (Å²) in [6.07, 6.45) is 0.732. The van der Waals surface area contributed by atoms with E-state index < -0.39 is 0 Å². The van der Waals surface area contributed by atoms with Gasteiger partial charge >= 0.3 is 0 Å². The Bertz CT molecular complexity index is 437. The normalized spacial score (nSPS) is 12.3. The van der Waals surface area contributed by atoms with Gasteiger partial charge in [-0.25, -0.2) is 0 Å². The third-order valence-corrected chi connectivity index (χ3v) is 2.11. The number of aldehydes is 1. The van der Waals surface area contributed by atoms with E-state index in [0.717, 1.165) is 11.9 Å². The van der Waals surface area contributed by atoms with Gasteiger partial charge in [-0.2, -0.15) is 0 Å². The lowest BCUT2D eigenvalue weighted by Gasteiger charge is -2.08. The van der Waals surface area contributed by atoms with Crippen LogP contribution in [0, 0.1) is 0 Å². The molecule has 1 aromatic carbocycles. The molecule has 0 aliphatic carbocycles. The van der Waals surface area contributed by atoms with Gasteiger partial charge in [0.15, 0.2) is 17.8 Å². The molecule has 1 aliphatic heterocycles. The highest BCUT2D eigenvalue weighted by atomic mass is 16.7. The van der Waals surface area contributed by atoms with Crippen molar-refractivity contribution in [2.24, 2.45) is 0 Å². The van der Waals surface area contributed by atoms with Crippen molar-refractivity contribution in [2.75, 3.05) is 13.4 Å². The van der Waals surface area contributed by atoms with Crippen LogP contribution >= 0.6 is 0 Å². The molecular formula is C12H12O4. The molecule has 4 heteroatoms. The zero-order valence-corrected chi connectivity index (χ0v) is 8.99. The minimum atomic E-state index is 0.178. The highest BCUT2D eigenvalue weighted by Crippen LogP contribution is 2.37. The van der Waals surface area contributed by atoms with Gasteiger partial charge < -0.3 is 14.2 Å². The lowest BCUT2D eigenvalue weighted by atomic mass is 10.2. The van der Waals surface area contributed by atoms with E-state index in [1.165, 1.54) is 0 Å². The standard InChI is InChI=1S/C12H12O4/c1-8(2)6-14-10-4-12-11(15-7-16-12)3-9(10)5-13/h3-5H,1,6-7H2,2H3. The van der Waals surface area contributed by atoms with Gasteiger partial charge in [-0.1, -0.05) is 6.58 Å². The monoisotopic (exact) mass is 220 g/mol. The average Bonchev–Trinajstić information content (AvgIpc) is 2.71. The lowest BCUT2D eigenvalue weighted by molar-refractivity contribution is 0.111. The van der Waals surface area contributed by atoms with Crippen molar-refractivity contribution in [3.63, 3.8) is 0 Å². The molecule has 0 saturated carbocycles. The first kappa shape index (κ1) is 10.5. The van der Waals surface area contributed by atoms with Gasteiger partial charge in [-0.15, -0.1) is 0 Å². The van der Waals surface area contributed by atoms with Crippen LogP contribution < -0.4 is 14.2 Å². The van der Waals surface area contributed by atoms with E-state index in [1.54, 1.807) is 12.1 Å². The average molecular weight is 220 g/mol. The third-order valence-electron chi connectivity index (χ3n) is 2.11. The highest BCUT2D eigenvalue weighted by molar-refractivity contribution is 5.81.